The topological polar surface area (TPSA) is 105 Å². The number of benzene rings is 3. The van der Waals surface area contributed by atoms with Crippen LogP contribution in [0.25, 0.3) is 11.1 Å². The van der Waals surface area contributed by atoms with Crippen molar-refractivity contribution in [2.24, 2.45) is 0 Å². The number of halogens is 2. The minimum absolute atomic E-state index is 0.0112. The third-order valence-corrected chi connectivity index (χ3v) is 5.76. The lowest BCUT2D eigenvalue weighted by atomic mass is 9.98. The van der Waals surface area contributed by atoms with E-state index in [9.17, 15) is 23.2 Å². The number of fused-ring (bicyclic) bond motifs is 3. The standard InChI is InChI=1S/C26H22F2N2O5/c1-14(12-22(31)32)29-25(33)23-20(27)10-11-21(24(23)28)30-26(34)35-13-19-17-8-4-2-6-15(17)16-7-3-5-9-18(16)19/h2-11,14,19H,12-13H2,1H3,(H,29,33)(H,30,34)(H,31,32). The quantitative estimate of drug-likeness (QED) is 0.445. The van der Waals surface area contributed by atoms with Gasteiger partial charge in [0.05, 0.1) is 12.1 Å². The number of carboxylic acids is 1. The van der Waals surface area contributed by atoms with Gasteiger partial charge in [0.25, 0.3) is 5.91 Å². The molecule has 1 unspecified atom stereocenters. The Morgan fingerprint density at radius 2 is 1.57 bits per heavy atom. The number of anilines is 1. The molecule has 35 heavy (non-hydrogen) atoms. The van der Waals surface area contributed by atoms with E-state index in [-0.39, 0.29) is 12.5 Å². The van der Waals surface area contributed by atoms with Gasteiger partial charge in [-0.2, -0.15) is 0 Å². The number of rotatable bonds is 7. The molecule has 0 saturated heterocycles. The number of carbonyl (C=O) groups excluding carboxylic acids is 2. The molecule has 180 valence electrons. The van der Waals surface area contributed by atoms with Crippen molar-refractivity contribution in [3.8, 4) is 11.1 Å². The van der Waals surface area contributed by atoms with Crippen LogP contribution in [0.1, 0.15) is 40.7 Å². The lowest BCUT2D eigenvalue weighted by Crippen LogP contribution is -2.35. The van der Waals surface area contributed by atoms with E-state index >= 15 is 0 Å². The average Bonchev–Trinajstić information content (AvgIpc) is 3.13. The molecular formula is C26H22F2N2O5. The van der Waals surface area contributed by atoms with E-state index in [1.807, 2.05) is 48.5 Å². The van der Waals surface area contributed by atoms with Gasteiger partial charge in [0.1, 0.15) is 18.0 Å². The minimum atomic E-state index is -1.29. The second kappa shape index (κ2) is 9.92. The number of aliphatic carboxylic acids is 1. The maximum atomic E-state index is 14.9. The summed E-state index contributed by atoms with van der Waals surface area (Å²) in [5, 5.41) is 13.2. The Kier molecular flexibility index (Phi) is 6.77. The highest BCUT2D eigenvalue weighted by Crippen LogP contribution is 2.44. The first-order chi connectivity index (χ1) is 16.8. The van der Waals surface area contributed by atoms with Gasteiger partial charge in [-0.25, -0.2) is 13.6 Å². The van der Waals surface area contributed by atoms with Crippen LogP contribution in [-0.4, -0.2) is 35.7 Å². The fourth-order valence-corrected chi connectivity index (χ4v) is 4.21. The van der Waals surface area contributed by atoms with E-state index in [0.717, 1.165) is 34.4 Å². The third kappa shape index (κ3) is 4.98. The number of hydrogen-bond acceptors (Lipinski definition) is 4. The van der Waals surface area contributed by atoms with Gasteiger partial charge < -0.3 is 15.2 Å². The van der Waals surface area contributed by atoms with Crippen LogP contribution in [0.5, 0.6) is 0 Å². The average molecular weight is 480 g/mol. The molecule has 4 rings (SSSR count). The normalized spacial score (nSPS) is 12.9. The zero-order chi connectivity index (χ0) is 25.1. The summed E-state index contributed by atoms with van der Waals surface area (Å²) < 4.78 is 34.5. The molecule has 0 aliphatic heterocycles. The van der Waals surface area contributed by atoms with Crippen molar-refractivity contribution in [2.45, 2.75) is 25.3 Å². The van der Waals surface area contributed by atoms with Gasteiger partial charge in [-0.3, -0.25) is 14.9 Å². The van der Waals surface area contributed by atoms with Crippen molar-refractivity contribution in [3.63, 3.8) is 0 Å². The monoisotopic (exact) mass is 480 g/mol. The molecular weight excluding hydrogens is 458 g/mol. The van der Waals surface area contributed by atoms with Crippen LogP contribution in [0.3, 0.4) is 0 Å². The summed E-state index contributed by atoms with van der Waals surface area (Å²) in [6.45, 7) is 1.38. The van der Waals surface area contributed by atoms with Crippen LogP contribution in [0.2, 0.25) is 0 Å². The minimum Gasteiger partial charge on any atom is -0.481 e. The summed E-state index contributed by atoms with van der Waals surface area (Å²) in [4.78, 5) is 35.5. The first-order valence-electron chi connectivity index (χ1n) is 10.9. The maximum absolute atomic E-state index is 14.9. The van der Waals surface area contributed by atoms with Crippen LogP contribution in [0, 0.1) is 11.6 Å². The molecule has 0 fully saturated rings. The smallest absolute Gasteiger partial charge is 0.411 e. The fourth-order valence-electron chi connectivity index (χ4n) is 4.21. The molecule has 0 saturated carbocycles. The van der Waals surface area contributed by atoms with E-state index in [0.29, 0.717) is 0 Å². The molecule has 1 atom stereocenters. The Morgan fingerprint density at radius 3 is 2.17 bits per heavy atom. The molecule has 3 aromatic carbocycles. The van der Waals surface area contributed by atoms with Gasteiger partial charge in [-0.05, 0) is 41.3 Å². The third-order valence-electron chi connectivity index (χ3n) is 5.76. The molecule has 0 aromatic heterocycles. The van der Waals surface area contributed by atoms with Crippen molar-refractivity contribution >= 4 is 23.7 Å². The summed E-state index contributed by atoms with van der Waals surface area (Å²) in [5.41, 5.74) is 2.73. The molecule has 0 radical (unpaired) electrons. The first-order valence-corrected chi connectivity index (χ1v) is 10.9. The van der Waals surface area contributed by atoms with E-state index in [1.54, 1.807) is 0 Å². The van der Waals surface area contributed by atoms with E-state index in [1.165, 1.54) is 6.92 Å². The molecule has 0 heterocycles. The molecule has 7 nitrogen and oxygen atoms in total. The highest BCUT2D eigenvalue weighted by atomic mass is 19.1. The summed E-state index contributed by atoms with van der Waals surface area (Å²) >= 11 is 0. The molecule has 3 N–H and O–H groups in total. The zero-order valence-corrected chi connectivity index (χ0v) is 18.7. The van der Waals surface area contributed by atoms with E-state index in [2.05, 4.69) is 10.6 Å². The molecule has 0 spiro atoms. The van der Waals surface area contributed by atoms with Crippen molar-refractivity contribution < 1.29 is 33.0 Å². The SMILES string of the molecule is CC(CC(=O)O)NC(=O)c1c(F)ccc(NC(=O)OCC2c3ccccc3-c3ccccc32)c1F. The van der Waals surface area contributed by atoms with Gasteiger partial charge >= 0.3 is 12.1 Å². The van der Waals surface area contributed by atoms with Crippen LogP contribution in [0.15, 0.2) is 60.7 Å². The number of hydrogen-bond donors (Lipinski definition) is 3. The number of carbonyl (C=O) groups is 3. The number of carboxylic acid groups (broad SMARTS) is 1. The summed E-state index contributed by atoms with van der Waals surface area (Å²) in [5.74, 6) is -4.96. The number of ether oxygens (including phenoxy) is 1. The predicted molar refractivity (Wildman–Crippen MR) is 124 cm³/mol. The zero-order valence-electron chi connectivity index (χ0n) is 18.7. The maximum Gasteiger partial charge on any atom is 0.411 e. The summed E-state index contributed by atoms with van der Waals surface area (Å²) in [7, 11) is 0. The van der Waals surface area contributed by atoms with Crippen molar-refractivity contribution in [2.75, 3.05) is 11.9 Å². The second-order valence-electron chi connectivity index (χ2n) is 8.21. The molecule has 3 aromatic rings. The van der Waals surface area contributed by atoms with Crippen LogP contribution in [-0.2, 0) is 9.53 Å². The molecule has 9 heteroatoms. The molecule has 1 aliphatic carbocycles. The van der Waals surface area contributed by atoms with Crippen LogP contribution >= 0.6 is 0 Å². The first kappa shape index (κ1) is 23.9. The summed E-state index contributed by atoms with van der Waals surface area (Å²) in [6.07, 6.45) is -1.39. The largest absolute Gasteiger partial charge is 0.481 e. The molecule has 1 aliphatic rings. The Hall–Kier alpha value is -4.27. The Morgan fingerprint density at radius 1 is 0.971 bits per heavy atom. The van der Waals surface area contributed by atoms with Crippen molar-refractivity contribution in [1.82, 2.24) is 5.32 Å². The molecule has 2 amide bonds. The van der Waals surface area contributed by atoms with E-state index < -0.39 is 53.3 Å². The lowest BCUT2D eigenvalue weighted by Gasteiger charge is -2.16. The van der Waals surface area contributed by atoms with Crippen LogP contribution < -0.4 is 10.6 Å². The van der Waals surface area contributed by atoms with Gasteiger partial charge in [0.15, 0.2) is 5.82 Å². The van der Waals surface area contributed by atoms with Crippen molar-refractivity contribution in [1.29, 1.82) is 0 Å². The van der Waals surface area contributed by atoms with Gasteiger partial charge in [0, 0.05) is 12.0 Å². The highest BCUT2D eigenvalue weighted by Gasteiger charge is 2.29. The Bertz CT molecular complexity index is 1270. The van der Waals surface area contributed by atoms with Gasteiger partial charge in [-0.1, -0.05) is 48.5 Å². The summed E-state index contributed by atoms with van der Waals surface area (Å²) in [6, 6.07) is 16.5. The number of nitrogens with one attached hydrogen (secondary N) is 2. The van der Waals surface area contributed by atoms with Gasteiger partial charge in [0.2, 0.25) is 0 Å². The Balaban J connectivity index is 1.46. The lowest BCUT2D eigenvalue weighted by molar-refractivity contribution is -0.137. The van der Waals surface area contributed by atoms with E-state index in [4.69, 9.17) is 9.84 Å². The fraction of sp³-hybridized carbons (Fsp3) is 0.192. The molecule has 0 bridgehead atoms. The highest BCUT2D eigenvalue weighted by molar-refractivity contribution is 5.97. The van der Waals surface area contributed by atoms with Crippen LogP contribution in [0.4, 0.5) is 19.3 Å². The number of amides is 2. The van der Waals surface area contributed by atoms with Gasteiger partial charge in [-0.15, -0.1) is 0 Å². The van der Waals surface area contributed by atoms with Crippen molar-refractivity contribution in [3.05, 3.63) is 89.0 Å². The second-order valence-corrected chi connectivity index (χ2v) is 8.21. The Labute approximate surface area is 199 Å². The predicted octanol–water partition coefficient (Wildman–Crippen LogP) is 4.92.